The highest BCUT2D eigenvalue weighted by molar-refractivity contribution is 5.68. The summed E-state index contributed by atoms with van der Waals surface area (Å²) in [4.78, 5) is 13.8. The first-order valence-electron chi connectivity index (χ1n) is 7.33. The number of carbonyl (C=O) groups is 1. The molecule has 1 amide bonds. The Morgan fingerprint density at radius 3 is 2.71 bits per heavy atom. The Bertz CT molecular complexity index is 472. The first-order valence-corrected chi connectivity index (χ1v) is 7.33. The molecule has 1 aromatic carbocycles. The van der Waals surface area contributed by atoms with Crippen molar-refractivity contribution < 1.29 is 14.3 Å². The van der Waals surface area contributed by atoms with Gasteiger partial charge >= 0.3 is 6.09 Å². The summed E-state index contributed by atoms with van der Waals surface area (Å²) < 4.78 is 11.2. The number of amides is 1. The molecular weight excluding hydrogens is 266 g/mol. The maximum Gasteiger partial charge on any atom is 0.410 e. The smallest absolute Gasteiger partial charge is 0.410 e. The van der Waals surface area contributed by atoms with Gasteiger partial charge in [-0.15, -0.1) is 6.58 Å². The highest BCUT2D eigenvalue weighted by Crippen LogP contribution is 2.23. The van der Waals surface area contributed by atoms with Gasteiger partial charge in [-0.05, 0) is 19.4 Å². The van der Waals surface area contributed by atoms with Crippen molar-refractivity contribution in [1.29, 1.82) is 0 Å². The molecule has 1 heterocycles. The topological polar surface area (TPSA) is 38.8 Å². The van der Waals surface area contributed by atoms with Gasteiger partial charge in [-0.3, -0.25) is 0 Å². The predicted octanol–water partition coefficient (Wildman–Crippen LogP) is 3.23. The molecule has 0 unspecified atom stereocenters. The van der Waals surface area contributed by atoms with E-state index in [9.17, 15) is 4.79 Å². The average molecular weight is 289 g/mol. The molecule has 0 radical (unpaired) electrons. The third kappa shape index (κ3) is 4.33. The highest BCUT2D eigenvalue weighted by atomic mass is 16.6. The van der Waals surface area contributed by atoms with Crippen molar-refractivity contribution in [3.63, 3.8) is 0 Å². The monoisotopic (exact) mass is 289 g/mol. The zero-order chi connectivity index (χ0) is 15.2. The summed E-state index contributed by atoms with van der Waals surface area (Å²) in [5.74, 6) is 0.164. The fraction of sp³-hybridized carbons (Fsp3) is 0.471. The Labute approximate surface area is 126 Å². The van der Waals surface area contributed by atoms with Crippen molar-refractivity contribution in [2.75, 3.05) is 13.1 Å². The predicted molar refractivity (Wildman–Crippen MR) is 81.9 cm³/mol. The van der Waals surface area contributed by atoms with Crippen LogP contribution in [0.3, 0.4) is 0 Å². The third-order valence-corrected chi connectivity index (χ3v) is 3.52. The number of carbonyl (C=O) groups excluding carboxylic acids is 1. The quantitative estimate of drug-likeness (QED) is 0.781. The van der Waals surface area contributed by atoms with Crippen LogP contribution in [0.2, 0.25) is 0 Å². The fourth-order valence-electron chi connectivity index (χ4n) is 2.48. The van der Waals surface area contributed by atoms with E-state index in [4.69, 9.17) is 9.47 Å². The molecule has 0 bridgehead atoms. The molecule has 0 saturated carbocycles. The van der Waals surface area contributed by atoms with Crippen molar-refractivity contribution in [3.8, 4) is 0 Å². The molecule has 2 rings (SSSR count). The molecule has 21 heavy (non-hydrogen) atoms. The van der Waals surface area contributed by atoms with Gasteiger partial charge in [-0.2, -0.15) is 0 Å². The van der Waals surface area contributed by atoms with Crippen LogP contribution >= 0.6 is 0 Å². The van der Waals surface area contributed by atoms with E-state index in [1.807, 2.05) is 50.3 Å². The number of rotatable bonds is 5. The number of likely N-dealkylation sites (tertiary alicyclic amines) is 1. The van der Waals surface area contributed by atoms with Crippen LogP contribution in [0.5, 0.6) is 0 Å². The van der Waals surface area contributed by atoms with Crippen LogP contribution in [0.4, 0.5) is 4.79 Å². The second kappa shape index (κ2) is 7.27. The lowest BCUT2D eigenvalue weighted by Crippen LogP contribution is -2.31. The SMILES string of the molecule is C=C[C@H]1CN(C(=O)OCc2ccccc2)C[C@@H]1OC(C)C. The molecular formula is C17H23NO3. The van der Waals surface area contributed by atoms with Crippen molar-refractivity contribution in [2.45, 2.75) is 32.7 Å². The standard InChI is InChI=1S/C17H23NO3/c1-4-15-10-18(11-16(15)21-13(2)3)17(19)20-12-14-8-6-5-7-9-14/h4-9,13,15-16H,1,10-12H2,2-3H3/t15-,16-/m0/s1. The van der Waals surface area contributed by atoms with E-state index in [0.717, 1.165) is 5.56 Å². The van der Waals surface area contributed by atoms with Gasteiger partial charge in [0.15, 0.2) is 0 Å². The second-order valence-electron chi connectivity index (χ2n) is 5.57. The van der Waals surface area contributed by atoms with Crippen molar-refractivity contribution >= 4 is 6.09 Å². The van der Waals surface area contributed by atoms with E-state index in [-0.39, 0.29) is 24.2 Å². The fourth-order valence-corrected chi connectivity index (χ4v) is 2.48. The minimum Gasteiger partial charge on any atom is -0.445 e. The van der Waals surface area contributed by atoms with E-state index < -0.39 is 0 Å². The van der Waals surface area contributed by atoms with E-state index in [1.165, 1.54) is 0 Å². The third-order valence-electron chi connectivity index (χ3n) is 3.52. The summed E-state index contributed by atoms with van der Waals surface area (Å²) in [6.07, 6.45) is 1.71. The normalized spacial score (nSPS) is 21.6. The Morgan fingerprint density at radius 2 is 2.10 bits per heavy atom. The Kier molecular flexibility index (Phi) is 5.39. The van der Waals surface area contributed by atoms with Gasteiger partial charge in [0.1, 0.15) is 6.61 Å². The molecule has 1 aliphatic rings. The Hall–Kier alpha value is -1.81. The van der Waals surface area contributed by atoms with Crippen LogP contribution in [-0.4, -0.2) is 36.3 Å². The number of benzene rings is 1. The maximum atomic E-state index is 12.1. The lowest BCUT2D eigenvalue weighted by molar-refractivity contribution is 0.000411. The first kappa shape index (κ1) is 15.6. The van der Waals surface area contributed by atoms with Gasteiger partial charge in [0.2, 0.25) is 0 Å². The molecule has 114 valence electrons. The molecule has 4 heteroatoms. The summed E-state index contributed by atoms with van der Waals surface area (Å²) >= 11 is 0. The van der Waals surface area contributed by atoms with E-state index in [0.29, 0.717) is 19.7 Å². The van der Waals surface area contributed by atoms with E-state index >= 15 is 0 Å². The van der Waals surface area contributed by atoms with Crippen LogP contribution in [-0.2, 0) is 16.1 Å². The van der Waals surface area contributed by atoms with Gasteiger partial charge in [0.05, 0.1) is 18.8 Å². The Morgan fingerprint density at radius 1 is 1.38 bits per heavy atom. The Balaban J connectivity index is 1.87. The summed E-state index contributed by atoms with van der Waals surface area (Å²) in [5.41, 5.74) is 0.986. The lowest BCUT2D eigenvalue weighted by Gasteiger charge is -2.19. The maximum absolute atomic E-state index is 12.1. The van der Waals surface area contributed by atoms with Gasteiger partial charge in [0.25, 0.3) is 0 Å². The summed E-state index contributed by atoms with van der Waals surface area (Å²) in [5, 5.41) is 0. The average Bonchev–Trinajstić information content (AvgIpc) is 2.88. The molecule has 2 atom stereocenters. The van der Waals surface area contributed by atoms with Crippen molar-refractivity contribution in [1.82, 2.24) is 4.90 Å². The van der Waals surface area contributed by atoms with Gasteiger partial charge in [0, 0.05) is 12.5 Å². The largest absolute Gasteiger partial charge is 0.445 e. The summed E-state index contributed by atoms with van der Waals surface area (Å²) in [6, 6.07) is 9.68. The number of hydrogen-bond acceptors (Lipinski definition) is 3. The van der Waals surface area contributed by atoms with Crippen LogP contribution in [0.1, 0.15) is 19.4 Å². The van der Waals surface area contributed by atoms with E-state index in [1.54, 1.807) is 4.90 Å². The number of ether oxygens (including phenoxy) is 2. The number of nitrogens with zero attached hydrogens (tertiary/aromatic N) is 1. The van der Waals surface area contributed by atoms with Gasteiger partial charge < -0.3 is 14.4 Å². The molecule has 0 aliphatic carbocycles. The molecule has 1 fully saturated rings. The number of hydrogen-bond donors (Lipinski definition) is 0. The van der Waals surface area contributed by atoms with Crippen LogP contribution < -0.4 is 0 Å². The van der Waals surface area contributed by atoms with Crippen molar-refractivity contribution in [3.05, 3.63) is 48.6 Å². The lowest BCUT2D eigenvalue weighted by atomic mass is 10.1. The van der Waals surface area contributed by atoms with Crippen LogP contribution in [0.15, 0.2) is 43.0 Å². The van der Waals surface area contributed by atoms with E-state index in [2.05, 4.69) is 6.58 Å². The molecule has 4 nitrogen and oxygen atoms in total. The van der Waals surface area contributed by atoms with Gasteiger partial charge in [-0.25, -0.2) is 4.79 Å². The highest BCUT2D eigenvalue weighted by Gasteiger charge is 2.35. The van der Waals surface area contributed by atoms with Crippen LogP contribution in [0.25, 0.3) is 0 Å². The second-order valence-corrected chi connectivity index (χ2v) is 5.57. The minimum atomic E-state index is -0.291. The summed E-state index contributed by atoms with van der Waals surface area (Å²) in [6.45, 7) is 9.28. The molecule has 0 aromatic heterocycles. The van der Waals surface area contributed by atoms with Gasteiger partial charge in [-0.1, -0.05) is 36.4 Å². The zero-order valence-electron chi connectivity index (χ0n) is 12.7. The molecule has 1 aliphatic heterocycles. The molecule has 0 N–H and O–H groups in total. The zero-order valence-corrected chi connectivity index (χ0v) is 12.7. The molecule has 1 aromatic rings. The summed E-state index contributed by atoms with van der Waals surface area (Å²) in [7, 11) is 0. The molecule has 0 spiro atoms. The van der Waals surface area contributed by atoms with Crippen LogP contribution in [0, 0.1) is 5.92 Å². The van der Waals surface area contributed by atoms with Crippen molar-refractivity contribution in [2.24, 2.45) is 5.92 Å². The molecule has 1 saturated heterocycles. The minimum absolute atomic E-state index is 0.00627. The first-order chi connectivity index (χ1) is 10.1.